The Labute approximate surface area is 227 Å². The van der Waals surface area contributed by atoms with Gasteiger partial charge in [-0.05, 0) is 67.9 Å². The third-order valence-electron chi connectivity index (χ3n) is 8.90. The smallest absolute Gasteiger partial charge is 0.323 e. The lowest BCUT2D eigenvalue weighted by atomic mass is 9.69. The lowest BCUT2D eigenvalue weighted by Crippen LogP contribution is -2.42. The lowest BCUT2D eigenvalue weighted by molar-refractivity contribution is -0.137. The number of likely N-dealkylation sites (N-methyl/N-ethyl adjacent to an activating group) is 1. The van der Waals surface area contributed by atoms with E-state index in [1.165, 1.54) is 11.9 Å². The molecule has 2 aromatic carbocycles. The van der Waals surface area contributed by atoms with Crippen LogP contribution >= 0.6 is 0 Å². The molecule has 206 valence electrons. The van der Waals surface area contributed by atoms with E-state index in [1.807, 2.05) is 45.0 Å². The van der Waals surface area contributed by atoms with E-state index >= 15 is 0 Å². The molecule has 0 saturated heterocycles. The van der Waals surface area contributed by atoms with E-state index in [4.69, 9.17) is 5.11 Å². The number of aliphatic hydroxyl groups is 1. The van der Waals surface area contributed by atoms with Crippen molar-refractivity contribution in [2.75, 3.05) is 13.6 Å². The number of rotatable bonds is 10. The molecule has 1 aliphatic rings. The second-order valence-electron chi connectivity index (χ2n) is 11.2. The number of aryl methyl sites for hydroxylation is 2. The summed E-state index contributed by atoms with van der Waals surface area (Å²) >= 11 is 0. The summed E-state index contributed by atoms with van der Waals surface area (Å²) in [6.07, 6.45) is 6.05. The van der Waals surface area contributed by atoms with Crippen molar-refractivity contribution in [1.29, 1.82) is 0 Å². The Hall–Kier alpha value is -2.99. The molecular formula is C32H43NO5. The van der Waals surface area contributed by atoms with Crippen LogP contribution in [0, 0.1) is 19.8 Å². The van der Waals surface area contributed by atoms with Gasteiger partial charge in [0.2, 0.25) is 0 Å². The Morgan fingerprint density at radius 2 is 1.42 bits per heavy atom. The van der Waals surface area contributed by atoms with Crippen LogP contribution in [0.1, 0.15) is 109 Å². The van der Waals surface area contributed by atoms with Gasteiger partial charge >= 0.3 is 5.97 Å². The summed E-state index contributed by atoms with van der Waals surface area (Å²) in [6.45, 7) is 9.65. The summed E-state index contributed by atoms with van der Waals surface area (Å²) in [6, 6.07) is 11.9. The normalized spacial score (nSPS) is 16.1. The predicted octanol–water partition coefficient (Wildman–Crippen LogP) is 6.08. The van der Waals surface area contributed by atoms with Crippen LogP contribution in [0.5, 0.6) is 0 Å². The van der Waals surface area contributed by atoms with Crippen molar-refractivity contribution in [3.8, 4) is 0 Å². The van der Waals surface area contributed by atoms with Crippen molar-refractivity contribution in [2.45, 2.75) is 90.6 Å². The molecule has 0 bridgehead atoms. The highest BCUT2D eigenvalue weighted by atomic mass is 16.4. The second kappa shape index (κ2) is 11.8. The van der Waals surface area contributed by atoms with Gasteiger partial charge in [0.25, 0.3) is 5.91 Å². The van der Waals surface area contributed by atoms with Crippen molar-refractivity contribution in [2.24, 2.45) is 5.92 Å². The molecule has 1 saturated carbocycles. The van der Waals surface area contributed by atoms with Crippen molar-refractivity contribution < 1.29 is 24.6 Å². The Kier molecular flexibility index (Phi) is 9.19. The number of carboxylic acids is 1. The number of ketones is 1. The average Bonchev–Trinajstić information content (AvgIpc) is 2.89. The molecule has 1 atom stereocenters. The van der Waals surface area contributed by atoms with Gasteiger partial charge in [0.15, 0.2) is 5.78 Å². The number of benzene rings is 2. The first-order valence-electron chi connectivity index (χ1n) is 13.9. The number of carboxylic acid groups (broad SMARTS) is 1. The molecule has 2 N–H and O–H groups in total. The number of aliphatic carboxylic acids is 1. The zero-order chi connectivity index (χ0) is 28.3. The number of hydrogen-bond acceptors (Lipinski definition) is 4. The first-order chi connectivity index (χ1) is 17.9. The number of Topliss-reactive ketones (excluding diaryl/α,β-unsaturated/α-hetero) is 1. The third-order valence-corrected chi connectivity index (χ3v) is 8.90. The van der Waals surface area contributed by atoms with Crippen LogP contribution in [-0.2, 0) is 10.2 Å². The summed E-state index contributed by atoms with van der Waals surface area (Å²) < 4.78 is 0. The third kappa shape index (κ3) is 5.70. The summed E-state index contributed by atoms with van der Waals surface area (Å²) in [7, 11) is 1.49. The maximum atomic E-state index is 13.5. The van der Waals surface area contributed by atoms with Gasteiger partial charge in [0, 0.05) is 29.5 Å². The largest absolute Gasteiger partial charge is 0.480 e. The number of amides is 1. The van der Waals surface area contributed by atoms with E-state index in [0.717, 1.165) is 54.4 Å². The summed E-state index contributed by atoms with van der Waals surface area (Å²) in [5.41, 5.74) is 3.83. The van der Waals surface area contributed by atoms with Crippen molar-refractivity contribution in [1.82, 2.24) is 4.90 Å². The molecule has 6 heteroatoms. The van der Waals surface area contributed by atoms with Crippen LogP contribution < -0.4 is 0 Å². The molecule has 38 heavy (non-hydrogen) atoms. The number of nitrogens with zero attached hydrogens (tertiary/aromatic N) is 1. The molecule has 1 unspecified atom stereocenters. The lowest BCUT2D eigenvalue weighted by Gasteiger charge is -2.37. The highest BCUT2D eigenvalue weighted by Crippen LogP contribution is 2.41. The topological polar surface area (TPSA) is 94.9 Å². The SMILES string of the molecule is CCC(CC)(c1ccc(C(=O)C(C)C2(O)CCCCC2)c(C)c1)c1ccc(C(=O)N(C)CC(=O)O)c(C)c1. The Bertz CT molecular complexity index is 1190. The van der Waals surface area contributed by atoms with Crippen molar-refractivity contribution in [3.63, 3.8) is 0 Å². The molecule has 0 aromatic heterocycles. The van der Waals surface area contributed by atoms with Crippen molar-refractivity contribution >= 4 is 17.7 Å². The molecule has 3 rings (SSSR count). The van der Waals surface area contributed by atoms with Gasteiger partial charge in [-0.25, -0.2) is 0 Å². The Balaban J connectivity index is 1.95. The van der Waals surface area contributed by atoms with E-state index in [2.05, 4.69) is 19.9 Å². The maximum Gasteiger partial charge on any atom is 0.323 e. The zero-order valence-electron chi connectivity index (χ0n) is 23.8. The van der Waals surface area contributed by atoms with Gasteiger partial charge in [0.1, 0.15) is 6.54 Å². The van der Waals surface area contributed by atoms with Gasteiger partial charge in [-0.3, -0.25) is 14.4 Å². The second-order valence-corrected chi connectivity index (χ2v) is 11.2. The standard InChI is InChI=1S/C32H43NO5/c1-7-31(8-2,25-13-15-27(22(4)19-25)30(37)33(6)20-28(34)35)24-12-14-26(21(3)18-24)29(36)23(5)32(38)16-10-9-11-17-32/h12-15,18-19,23,38H,7-11,16-17,20H2,1-6H3,(H,34,35). The number of carbonyl (C=O) groups excluding carboxylic acids is 2. The minimum atomic E-state index is -1.05. The summed E-state index contributed by atoms with van der Waals surface area (Å²) in [5.74, 6) is -1.81. The van der Waals surface area contributed by atoms with Crippen LogP contribution in [0.15, 0.2) is 36.4 Å². The highest BCUT2D eigenvalue weighted by molar-refractivity contribution is 6.00. The fourth-order valence-electron chi connectivity index (χ4n) is 6.23. The molecule has 2 aromatic rings. The quantitative estimate of drug-likeness (QED) is 0.370. The van der Waals surface area contributed by atoms with Crippen LogP contribution in [0.2, 0.25) is 0 Å². The van der Waals surface area contributed by atoms with E-state index in [0.29, 0.717) is 24.0 Å². The van der Waals surface area contributed by atoms with Crippen LogP contribution in [-0.4, -0.2) is 52.0 Å². The van der Waals surface area contributed by atoms with Gasteiger partial charge in [-0.15, -0.1) is 0 Å². The fraction of sp³-hybridized carbons (Fsp3) is 0.531. The van der Waals surface area contributed by atoms with Gasteiger partial charge in [-0.2, -0.15) is 0 Å². The summed E-state index contributed by atoms with van der Waals surface area (Å²) in [5, 5.41) is 20.2. The molecule has 1 aliphatic carbocycles. The molecule has 0 radical (unpaired) electrons. The first kappa shape index (κ1) is 29.6. The average molecular weight is 522 g/mol. The maximum absolute atomic E-state index is 13.5. The number of hydrogen-bond donors (Lipinski definition) is 2. The minimum Gasteiger partial charge on any atom is -0.480 e. The van der Waals surface area contributed by atoms with Crippen molar-refractivity contribution in [3.05, 3.63) is 69.8 Å². The molecular weight excluding hydrogens is 478 g/mol. The van der Waals surface area contributed by atoms with Crippen LogP contribution in [0.25, 0.3) is 0 Å². The Morgan fingerprint density at radius 1 is 0.921 bits per heavy atom. The molecule has 6 nitrogen and oxygen atoms in total. The molecule has 1 fully saturated rings. The monoisotopic (exact) mass is 521 g/mol. The first-order valence-corrected chi connectivity index (χ1v) is 13.9. The zero-order valence-corrected chi connectivity index (χ0v) is 23.8. The Morgan fingerprint density at radius 3 is 1.87 bits per heavy atom. The summed E-state index contributed by atoms with van der Waals surface area (Å²) in [4.78, 5) is 38.6. The fourth-order valence-corrected chi connectivity index (χ4v) is 6.23. The molecule has 0 spiro atoms. The molecule has 0 heterocycles. The predicted molar refractivity (Wildman–Crippen MR) is 150 cm³/mol. The van der Waals surface area contributed by atoms with E-state index in [-0.39, 0.29) is 23.7 Å². The van der Waals surface area contributed by atoms with E-state index < -0.39 is 17.5 Å². The van der Waals surface area contributed by atoms with E-state index in [1.54, 1.807) is 6.07 Å². The van der Waals surface area contributed by atoms with Crippen LogP contribution in [0.4, 0.5) is 0 Å². The number of carbonyl (C=O) groups is 3. The van der Waals surface area contributed by atoms with Gasteiger partial charge < -0.3 is 15.1 Å². The minimum absolute atomic E-state index is 0.00115. The molecule has 0 aliphatic heterocycles. The van der Waals surface area contributed by atoms with Gasteiger partial charge in [-0.1, -0.05) is 70.4 Å². The van der Waals surface area contributed by atoms with E-state index in [9.17, 15) is 19.5 Å². The molecule has 1 amide bonds. The van der Waals surface area contributed by atoms with Crippen LogP contribution in [0.3, 0.4) is 0 Å². The van der Waals surface area contributed by atoms with Gasteiger partial charge in [0.05, 0.1) is 5.60 Å². The highest BCUT2D eigenvalue weighted by Gasteiger charge is 2.40.